The summed E-state index contributed by atoms with van der Waals surface area (Å²) in [5.74, 6) is -0.530. The molecule has 3 heterocycles. The third-order valence-corrected chi connectivity index (χ3v) is 6.83. The van der Waals surface area contributed by atoms with Gasteiger partial charge in [-0.05, 0) is 41.5 Å². The molecule has 4 rings (SSSR count). The minimum atomic E-state index is -1.45. The van der Waals surface area contributed by atoms with E-state index in [1.54, 1.807) is 24.3 Å². The molecule has 0 aliphatic carbocycles. The van der Waals surface area contributed by atoms with Gasteiger partial charge in [0.25, 0.3) is 0 Å². The Hall–Kier alpha value is -1.91. The number of ether oxygens (including phenoxy) is 1. The van der Waals surface area contributed by atoms with Crippen LogP contribution in [0.3, 0.4) is 0 Å². The second-order valence-electron chi connectivity index (χ2n) is 7.41. The molecule has 1 aliphatic rings. The van der Waals surface area contributed by atoms with Crippen molar-refractivity contribution in [1.82, 2.24) is 4.98 Å². The van der Waals surface area contributed by atoms with Gasteiger partial charge in [0.2, 0.25) is 5.95 Å². The van der Waals surface area contributed by atoms with Gasteiger partial charge in [-0.15, -0.1) is 11.3 Å². The zero-order valence-corrected chi connectivity index (χ0v) is 17.8. The molecule has 3 aromatic rings. The van der Waals surface area contributed by atoms with E-state index in [1.807, 2.05) is 12.1 Å². The van der Waals surface area contributed by atoms with Crippen molar-refractivity contribution in [1.29, 1.82) is 0 Å². The lowest BCUT2D eigenvalue weighted by Gasteiger charge is -2.40. The van der Waals surface area contributed by atoms with Crippen molar-refractivity contribution in [3.63, 3.8) is 0 Å². The molecule has 31 heavy (non-hydrogen) atoms. The molecule has 2 unspecified atom stereocenters. The molecule has 0 saturated carbocycles. The molecule has 6 nitrogen and oxygen atoms in total. The molecule has 9 heteroatoms. The van der Waals surface area contributed by atoms with E-state index >= 15 is 0 Å². The van der Waals surface area contributed by atoms with Gasteiger partial charge in [-0.25, -0.2) is 4.98 Å². The molecule has 0 radical (unpaired) electrons. The number of hydrogen-bond acceptors (Lipinski definition) is 7. The normalized spacial score (nSPS) is 26.2. The monoisotopic (exact) mass is 465 g/mol. The number of aromatic nitrogens is 1. The van der Waals surface area contributed by atoms with Crippen LogP contribution in [0.1, 0.15) is 22.1 Å². The van der Waals surface area contributed by atoms with E-state index in [4.69, 9.17) is 16.3 Å². The number of nitrogens with zero attached hydrogens (tertiary/aromatic N) is 1. The largest absolute Gasteiger partial charge is 0.394 e. The summed E-state index contributed by atoms with van der Waals surface area (Å²) in [6, 6.07) is 12.0. The number of hydrogen-bond donors (Lipinski definition) is 4. The maximum Gasteiger partial charge on any atom is 0.212 e. The Kier molecular flexibility index (Phi) is 6.68. The molecule has 0 bridgehead atoms. The topological polar surface area (TPSA) is 103 Å². The Morgan fingerprint density at radius 3 is 2.55 bits per heavy atom. The van der Waals surface area contributed by atoms with Crippen LogP contribution in [0.25, 0.3) is 10.4 Å². The van der Waals surface area contributed by atoms with Crippen LogP contribution < -0.4 is 0 Å². The first kappa shape index (κ1) is 22.3. The van der Waals surface area contributed by atoms with Gasteiger partial charge in [0.1, 0.15) is 30.5 Å². The summed E-state index contributed by atoms with van der Waals surface area (Å²) >= 11 is 7.92. The molecule has 1 aromatic carbocycles. The highest BCUT2D eigenvalue weighted by atomic mass is 35.5. The van der Waals surface area contributed by atoms with E-state index in [1.165, 1.54) is 23.6 Å². The number of aliphatic hydroxyl groups excluding tert-OH is 4. The molecule has 0 spiro atoms. The highest BCUT2D eigenvalue weighted by molar-refractivity contribution is 7.15. The molecule has 4 N–H and O–H groups in total. The van der Waals surface area contributed by atoms with Gasteiger partial charge >= 0.3 is 0 Å². The third-order valence-electron chi connectivity index (χ3n) is 5.33. The number of pyridine rings is 1. The van der Waals surface area contributed by atoms with Crippen LogP contribution in [0.2, 0.25) is 5.02 Å². The van der Waals surface area contributed by atoms with Gasteiger partial charge in [0.15, 0.2) is 0 Å². The predicted molar refractivity (Wildman–Crippen MR) is 114 cm³/mol. The van der Waals surface area contributed by atoms with Gasteiger partial charge in [-0.3, -0.25) is 0 Å². The summed E-state index contributed by atoms with van der Waals surface area (Å²) in [7, 11) is 0. The summed E-state index contributed by atoms with van der Waals surface area (Å²) in [4.78, 5) is 5.65. The SMILES string of the molecule is OCC1O[C@@H](c2ccc(Cl)c(Cc3ccc(-c4ccc(F)nc4)s3)c2)[C@H](O)C(O)[C@@H]1O. The standard InChI is InChI=1S/C22H21ClFNO5S/c23-15-4-1-11(22-21(29)20(28)19(27)16(10-26)30-22)7-13(15)8-14-3-5-17(31-14)12-2-6-18(24)25-9-12/h1-7,9,16,19-22,26-29H,8,10H2/t16?,19-,20?,21-,22+/m1/s1. The van der Waals surface area contributed by atoms with Gasteiger partial charge < -0.3 is 25.2 Å². The van der Waals surface area contributed by atoms with Gasteiger partial charge in [-0.2, -0.15) is 4.39 Å². The Bertz CT molecular complexity index is 1040. The van der Waals surface area contributed by atoms with Crippen LogP contribution in [-0.2, 0) is 11.2 Å². The summed E-state index contributed by atoms with van der Waals surface area (Å²) in [6.45, 7) is -0.488. The predicted octanol–water partition coefficient (Wildman–Crippen LogP) is 2.71. The van der Waals surface area contributed by atoms with E-state index in [0.29, 0.717) is 17.0 Å². The molecular formula is C22H21ClFNO5S. The maximum atomic E-state index is 13.1. The fourth-order valence-electron chi connectivity index (χ4n) is 3.62. The van der Waals surface area contributed by atoms with Crippen molar-refractivity contribution in [3.05, 3.63) is 75.6 Å². The lowest BCUT2D eigenvalue weighted by molar-refractivity contribution is -0.231. The molecule has 1 fully saturated rings. The van der Waals surface area contributed by atoms with E-state index in [9.17, 15) is 24.8 Å². The average Bonchev–Trinajstić information content (AvgIpc) is 3.23. The van der Waals surface area contributed by atoms with E-state index in [-0.39, 0.29) is 0 Å². The van der Waals surface area contributed by atoms with E-state index < -0.39 is 43.1 Å². The first-order chi connectivity index (χ1) is 14.9. The second-order valence-corrected chi connectivity index (χ2v) is 8.99. The van der Waals surface area contributed by atoms with Gasteiger partial charge in [0.05, 0.1) is 6.61 Å². The average molecular weight is 466 g/mol. The minimum Gasteiger partial charge on any atom is -0.394 e. The summed E-state index contributed by atoms with van der Waals surface area (Å²) in [5, 5.41) is 40.4. The van der Waals surface area contributed by atoms with Crippen molar-refractivity contribution >= 4 is 22.9 Å². The lowest BCUT2D eigenvalue weighted by Crippen LogP contribution is -2.55. The van der Waals surface area contributed by atoms with Crippen LogP contribution in [0, 0.1) is 5.95 Å². The molecule has 1 aliphatic heterocycles. The first-order valence-electron chi connectivity index (χ1n) is 9.67. The van der Waals surface area contributed by atoms with Crippen molar-refractivity contribution in [2.24, 2.45) is 0 Å². The van der Waals surface area contributed by atoms with E-state index in [2.05, 4.69) is 4.98 Å². The van der Waals surface area contributed by atoms with Crippen LogP contribution >= 0.6 is 22.9 Å². The Labute approximate surface area is 187 Å². The smallest absolute Gasteiger partial charge is 0.212 e. The number of thiophene rings is 1. The van der Waals surface area contributed by atoms with Gasteiger partial charge in [-0.1, -0.05) is 23.7 Å². The highest BCUT2D eigenvalue weighted by Crippen LogP contribution is 2.35. The maximum absolute atomic E-state index is 13.1. The van der Waals surface area contributed by atoms with Crippen LogP contribution in [-0.4, -0.2) is 56.4 Å². The lowest BCUT2D eigenvalue weighted by atomic mass is 9.90. The summed E-state index contributed by atoms with van der Waals surface area (Å²) in [5.41, 5.74) is 2.19. The van der Waals surface area contributed by atoms with Crippen LogP contribution in [0.15, 0.2) is 48.7 Å². The molecule has 1 saturated heterocycles. The molecule has 0 amide bonds. The number of aliphatic hydroxyl groups is 4. The zero-order valence-electron chi connectivity index (χ0n) is 16.2. The fourth-order valence-corrected chi connectivity index (χ4v) is 4.83. The zero-order chi connectivity index (χ0) is 22.1. The first-order valence-corrected chi connectivity index (χ1v) is 10.9. The van der Waals surface area contributed by atoms with Crippen molar-refractivity contribution in [3.8, 4) is 10.4 Å². The van der Waals surface area contributed by atoms with Crippen LogP contribution in [0.4, 0.5) is 4.39 Å². The Balaban J connectivity index is 1.57. The van der Waals surface area contributed by atoms with E-state index in [0.717, 1.165) is 20.9 Å². The van der Waals surface area contributed by atoms with Crippen molar-refractivity contribution in [2.45, 2.75) is 36.9 Å². The molecule has 5 atom stereocenters. The second kappa shape index (κ2) is 9.30. The molecule has 2 aromatic heterocycles. The number of rotatable bonds is 5. The Morgan fingerprint density at radius 2 is 1.84 bits per heavy atom. The third kappa shape index (κ3) is 4.65. The van der Waals surface area contributed by atoms with Crippen molar-refractivity contribution < 1.29 is 29.6 Å². The summed E-state index contributed by atoms with van der Waals surface area (Å²) < 4.78 is 18.7. The minimum absolute atomic E-state index is 0.488. The number of benzene rings is 1. The van der Waals surface area contributed by atoms with Crippen LogP contribution in [0.5, 0.6) is 0 Å². The molecular weight excluding hydrogens is 445 g/mol. The van der Waals surface area contributed by atoms with Gasteiger partial charge in [0, 0.05) is 33.0 Å². The highest BCUT2D eigenvalue weighted by Gasteiger charge is 2.44. The fraction of sp³-hybridized carbons (Fsp3) is 0.318. The summed E-state index contributed by atoms with van der Waals surface area (Å²) in [6.07, 6.45) is -4.11. The quantitative estimate of drug-likeness (QED) is 0.432. The molecule has 164 valence electrons. The Morgan fingerprint density at radius 1 is 1.03 bits per heavy atom. The van der Waals surface area contributed by atoms with Crippen molar-refractivity contribution in [2.75, 3.05) is 6.61 Å². The number of halogens is 2.